The van der Waals surface area contributed by atoms with Gasteiger partial charge >= 0.3 is 6.18 Å². The van der Waals surface area contributed by atoms with Crippen LogP contribution in [0.15, 0.2) is 43.0 Å². The minimum Gasteiger partial charge on any atom is -0.309 e. The highest BCUT2D eigenvalue weighted by Gasteiger charge is 2.30. The molecule has 0 fully saturated rings. The third-order valence-corrected chi connectivity index (χ3v) is 2.77. The Balaban J connectivity index is 2.30. The highest BCUT2D eigenvalue weighted by atomic mass is 19.4. The molecule has 1 heterocycles. The summed E-state index contributed by atoms with van der Waals surface area (Å²) in [5.41, 5.74) is 0.866. The summed E-state index contributed by atoms with van der Waals surface area (Å²) >= 11 is 0. The van der Waals surface area contributed by atoms with Crippen molar-refractivity contribution < 1.29 is 13.2 Å². The van der Waals surface area contributed by atoms with Crippen LogP contribution in [0.25, 0.3) is 0 Å². The van der Waals surface area contributed by atoms with E-state index in [9.17, 15) is 13.2 Å². The highest BCUT2D eigenvalue weighted by Crippen LogP contribution is 2.30. The van der Waals surface area contributed by atoms with Crippen molar-refractivity contribution in [1.82, 2.24) is 15.3 Å². The van der Waals surface area contributed by atoms with Crippen molar-refractivity contribution in [3.05, 3.63) is 59.7 Å². The number of alkyl halides is 3. The van der Waals surface area contributed by atoms with E-state index in [4.69, 9.17) is 0 Å². The summed E-state index contributed by atoms with van der Waals surface area (Å²) in [4.78, 5) is 7.81. The maximum Gasteiger partial charge on any atom is 0.416 e. The molecule has 2 rings (SSSR count). The number of rotatable bonds is 3. The highest BCUT2D eigenvalue weighted by molar-refractivity contribution is 5.32. The molecule has 19 heavy (non-hydrogen) atoms. The molecule has 0 aliphatic rings. The van der Waals surface area contributed by atoms with E-state index in [1.807, 2.05) is 0 Å². The lowest BCUT2D eigenvalue weighted by Crippen LogP contribution is -2.18. The van der Waals surface area contributed by atoms with Crippen LogP contribution in [0.3, 0.4) is 0 Å². The van der Waals surface area contributed by atoms with E-state index in [1.54, 1.807) is 19.4 Å². The summed E-state index contributed by atoms with van der Waals surface area (Å²) in [6.07, 6.45) is 0.351. The molecular weight excluding hydrogens is 255 g/mol. The molecule has 0 bridgehead atoms. The molecule has 0 spiro atoms. The Morgan fingerprint density at radius 1 is 1.00 bits per heavy atom. The molecule has 1 aromatic heterocycles. The zero-order chi connectivity index (χ0) is 13.9. The second kappa shape index (κ2) is 5.36. The predicted octanol–water partition coefficient (Wildman–Crippen LogP) is 2.80. The van der Waals surface area contributed by atoms with Crippen LogP contribution in [0.4, 0.5) is 13.2 Å². The average Bonchev–Trinajstić information content (AvgIpc) is 2.40. The molecule has 0 aliphatic carbocycles. The molecule has 6 heteroatoms. The van der Waals surface area contributed by atoms with Gasteiger partial charge in [-0.1, -0.05) is 12.1 Å². The van der Waals surface area contributed by atoms with Crippen LogP contribution >= 0.6 is 0 Å². The van der Waals surface area contributed by atoms with E-state index in [2.05, 4.69) is 15.3 Å². The molecule has 100 valence electrons. The third kappa shape index (κ3) is 3.08. The molecule has 3 nitrogen and oxygen atoms in total. The SMILES string of the molecule is CNC(c1ccc(C(F)(F)F)cc1)c1cncnc1. The second-order valence-corrected chi connectivity index (χ2v) is 4.01. The first kappa shape index (κ1) is 13.5. The fraction of sp³-hybridized carbons (Fsp3) is 0.231. The second-order valence-electron chi connectivity index (χ2n) is 4.01. The van der Waals surface area contributed by atoms with E-state index >= 15 is 0 Å². The zero-order valence-electron chi connectivity index (χ0n) is 10.1. The van der Waals surface area contributed by atoms with Gasteiger partial charge in [-0.2, -0.15) is 13.2 Å². The predicted molar refractivity (Wildman–Crippen MR) is 64.4 cm³/mol. The van der Waals surface area contributed by atoms with Crippen molar-refractivity contribution >= 4 is 0 Å². The average molecular weight is 267 g/mol. The van der Waals surface area contributed by atoms with Gasteiger partial charge in [-0.25, -0.2) is 9.97 Å². The Bertz CT molecular complexity index is 523. The maximum absolute atomic E-state index is 12.5. The Morgan fingerprint density at radius 2 is 1.58 bits per heavy atom. The van der Waals surface area contributed by atoms with Crippen molar-refractivity contribution in [2.45, 2.75) is 12.2 Å². The van der Waals surface area contributed by atoms with Crippen LogP contribution in [0, 0.1) is 0 Å². The fourth-order valence-corrected chi connectivity index (χ4v) is 1.85. The summed E-state index contributed by atoms with van der Waals surface area (Å²) in [5, 5.41) is 3.03. The van der Waals surface area contributed by atoms with Gasteiger partial charge in [0.15, 0.2) is 0 Å². The molecule has 0 saturated carbocycles. The molecule has 1 aromatic carbocycles. The lowest BCUT2D eigenvalue weighted by Gasteiger charge is -2.17. The van der Waals surface area contributed by atoms with Crippen molar-refractivity contribution in [2.75, 3.05) is 7.05 Å². The van der Waals surface area contributed by atoms with Crippen LogP contribution in [0.1, 0.15) is 22.7 Å². The molecule has 0 amide bonds. The van der Waals surface area contributed by atoms with Crippen LogP contribution in [-0.2, 0) is 6.18 Å². The number of hydrogen-bond acceptors (Lipinski definition) is 3. The number of halogens is 3. The Kier molecular flexibility index (Phi) is 3.80. The number of nitrogens with one attached hydrogen (secondary N) is 1. The van der Waals surface area contributed by atoms with Gasteiger partial charge in [-0.3, -0.25) is 0 Å². The Labute approximate surface area is 108 Å². The summed E-state index contributed by atoms with van der Waals surface area (Å²) in [7, 11) is 1.73. The van der Waals surface area contributed by atoms with E-state index in [0.717, 1.165) is 23.3 Å². The van der Waals surface area contributed by atoms with Crippen LogP contribution < -0.4 is 5.32 Å². The van der Waals surface area contributed by atoms with Gasteiger partial charge in [0.2, 0.25) is 0 Å². The molecule has 0 radical (unpaired) electrons. The summed E-state index contributed by atoms with van der Waals surface area (Å²) in [5.74, 6) is 0. The monoisotopic (exact) mass is 267 g/mol. The van der Waals surface area contributed by atoms with Crippen molar-refractivity contribution in [3.8, 4) is 0 Å². The lowest BCUT2D eigenvalue weighted by atomic mass is 10.00. The molecule has 2 aromatic rings. The fourth-order valence-electron chi connectivity index (χ4n) is 1.85. The summed E-state index contributed by atoms with van der Waals surface area (Å²) < 4.78 is 37.5. The standard InChI is InChI=1S/C13H12F3N3/c1-17-12(10-6-18-8-19-7-10)9-2-4-11(5-3-9)13(14,15)16/h2-8,12,17H,1H3. The van der Waals surface area contributed by atoms with E-state index in [0.29, 0.717) is 0 Å². The van der Waals surface area contributed by atoms with Gasteiger partial charge in [-0.05, 0) is 24.7 Å². The smallest absolute Gasteiger partial charge is 0.309 e. The first-order valence-electron chi connectivity index (χ1n) is 5.61. The first-order chi connectivity index (χ1) is 9.02. The number of nitrogens with zero attached hydrogens (tertiary/aromatic N) is 2. The third-order valence-electron chi connectivity index (χ3n) is 2.77. The molecule has 1 unspecified atom stereocenters. The van der Waals surface area contributed by atoms with Crippen LogP contribution in [0.5, 0.6) is 0 Å². The topological polar surface area (TPSA) is 37.8 Å². The molecule has 0 saturated heterocycles. The first-order valence-corrected chi connectivity index (χ1v) is 5.61. The molecular formula is C13H12F3N3. The van der Waals surface area contributed by atoms with Gasteiger partial charge in [-0.15, -0.1) is 0 Å². The minimum atomic E-state index is -4.32. The van der Waals surface area contributed by atoms with E-state index in [1.165, 1.54) is 18.5 Å². The number of aromatic nitrogens is 2. The van der Waals surface area contributed by atoms with Gasteiger partial charge in [0.25, 0.3) is 0 Å². The van der Waals surface area contributed by atoms with Gasteiger partial charge < -0.3 is 5.32 Å². The maximum atomic E-state index is 12.5. The van der Waals surface area contributed by atoms with Gasteiger partial charge in [0.05, 0.1) is 11.6 Å². The van der Waals surface area contributed by atoms with Crippen LogP contribution in [0.2, 0.25) is 0 Å². The normalized spacial score (nSPS) is 13.3. The molecule has 1 N–H and O–H groups in total. The van der Waals surface area contributed by atoms with Gasteiger partial charge in [0.1, 0.15) is 6.33 Å². The summed E-state index contributed by atoms with van der Waals surface area (Å²) in [6.45, 7) is 0. The zero-order valence-corrected chi connectivity index (χ0v) is 10.1. The summed E-state index contributed by atoms with van der Waals surface area (Å²) in [6, 6.07) is 4.82. The van der Waals surface area contributed by atoms with Crippen molar-refractivity contribution in [2.24, 2.45) is 0 Å². The Morgan fingerprint density at radius 3 is 2.05 bits per heavy atom. The van der Waals surface area contributed by atoms with E-state index in [-0.39, 0.29) is 6.04 Å². The lowest BCUT2D eigenvalue weighted by molar-refractivity contribution is -0.137. The van der Waals surface area contributed by atoms with Crippen molar-refractivity contribution in [3.63, 3.8) is 0 Å². The Hall–Kier alpha value is -1.95. The number of benzene rings is 1. The number of hydrogen-bond donors (Lipinski definition) is 1. The molecule has 1 atom stereocenters. The largest absolute Gasteiger partial charge is 0.416 e. The van der Waals surface area contributed by atoms with Crippen LogP contribution in [-0.4, -0.2) is 17.0 Å². The quantitative estimate of drug-likeness (QED) is 0.929. The van der Waals surface area contributed by atoms with E-state index < -0.39 is 11.7 Å². The minimum absolute atomic E-state index is 0.233. The molecule has 0 aliphatic heterocycles. The van der Waals surface area contributed by atoms with Crippen molar-refractivity contribution in [1.29, 1.82) is 0 Å². The van der Waals surface area contributed by atoms with Gasteiger partial charge in [0, 0.05) is 18.0 Å².